The van der Waals surface area contributed by atoms with Gasteiger partial charge in [0.2, 0.25) is 5.91 Å². The molecule has 4 heteroatoms. The van der Waals surface area contributed by atoms with Crippen molar-refractivity contribution in [3.05, 3.63) is 35.9 Å². The Morgan fingerprint density at radius 1 is 1.21 bits per heavy atom. The normalized spacial score (nSPS) is 15.3. The van der Waals surface area contributed by atoms with Crippen molar-refractivity contribution in [3.8, 4) is 0 Å². The summed E-state index contributed by atoms with van der Waals surface area (Å²) in [5.74, 6) is -2.25. The van der Waals surface area contributed by atoms with E-state index in [9.17, 15) is 14.7 Å². The summed E-state index contributed by atoms with van der Waals surface area (Å²) in [6.45, 7) is 3.65. The largest absolute Gasteiger partial charge is 0.481 e. The van der Waals surface area contributed by atoms with Gasteiger partial charge < -0.3 is 10.4 Å². The van der Waals surface area contributed by atoms with Crippen LogP contribution in [0.2, 0.25) is 0 Å². The maximum Gasteiger partial charge on any atom is 0.307 e. The van der Waals surface area contributed by atoms with Crippen LogP contribution >= 0.6 is 0 Å². The number of carbonyl (C=O) groups is 2. The Morgan fingerprint density at radius 3 is 2.26 bits per heavy atom. The lowest BCUT2D eigenvalue weighted by atomic mass is 9.83. The number of carboxylic acid groups (broad SMARTS) is 1. The second-order valence-electron chi connectivity index (χ2n) is 4.90. The lowest BCUT2D eigenvalue weighted by Crippen LogP contribution is -2.35. The predicted octanol–water partition coefficient (Wildman–Crippen LogP) is 2.26. The summed E-state index contributed by atoms with van der Waals surface area (Å²) < 4.78 is 0. The van der Waals surface area contributed by atoms with E-state index in [1.165, 1.54) is 7.05 Å². The number of hydrogen-bond donors (Lipinski definition) is 2. The highest BCUT2D eigenvalue weighted by atomic mass is 16.4. The van der Waals surface area contributed by atoms with Crippen LogP contribution in [-0.4, -0.2) is 24.0 Å². The molecule has 0 aliphatic rings. The Labute approximate surface area is 113 Å². The molecule has 1 aromatic rings. The molecule has 2 unspecified atom stereocenters. The molecular formula is C15H21NO3. The Hall–Kier alpha value is -1.84. The van der Waals surface area contributed by atoms with Gasteiger partial charge in [-0.05, 0) is 17.9 Å². The third-order valence-electron chi connectivity index (χ3n) is 3.56. The van der Waals surface area contributed by atoms with Crippen LogP contribution in [0.25, 0.3) is 0 Å². The van der Waals surface area contributed by atoms with Crippen molar-refractivity contribution < 1.29 is 14.7 Å². The zero-order valence-electron chi connectivity index (χ0n) is 11.6. The first kappa shape index (κ1) is 15.2. The van der Waals surface area contributed by atoms with Gasteiger partial charge >= 0.3 is 5.97 Å². The van der Waals surface area contributed by atoms with E-state index in [4.69, 9.17) is 0 Å². The third kappa shape index (κ3) is 4.09. The van der Waals surface area contributed by atoms with E-state index in [1.807, 2.05) is 37.3 Å². The molecule has 0 spiro atoms. The van der Waals surface area contributed by atoms with Crippen molar-refractivity contribution in [1.82, 2.24) is 5.32 Å². The number of aliphatic carboxylic acids is 1. The highest BCUT2D eigenvalue weighted by Gasteiger charge is 2.31. The maximum atomic E-state index is 11.6. The Bertz CT molecular complexity index is 430. The van der Waals surface area contributed by atoms with Gasteiger partial charge in [-0.25, -0.2) is 0 Å². The second kappa shape index (κ2) is 6.92. The molecule has 0 aliphatic heterocycles. The van der Waals surface area contributed by atoms with Gasteiger partial charge in [-0.3, -0.25) is 9.59 Å². The summed E-state index contributed by atoms with van der Waals surface area (Å²) in [7, 11) is 1.53. The molecule has 0 aliphatic carbocycles. The average molecular weight is 263 g/mol. The van der Waals surface area contributed by atoms with Gasteiger partial charge in [-0.2, -0.15) is 0 Å². The number of nitrogens with one attached hydrogen (secondary N) is 1. The maximum absolute atomic E-state index is 11.6. The number of rotatable bonds is 6. The fourth-order valence-corrected chi connectivity index (χ4v) is 2.23. The van der Waals surface area contributed by atoms with Crippen molar-refractivity contribution in [2.24, 2.45) is 11.8 Å². The minimum Gasteiger partial charge on any atom is -0.481 e. The average Bonchev–Trinajstić information content (AvgIpc) is 2.43. The summed E-state index contributed by atoms with van der Waals surface area (Å²) in [6, 6.07) is 9.76. The fourth-order valence-electron chi connectivity index (χ4n) is 2.23. The molecule has 19 heavy (non-hydrogen) atoms. The molecule has 0 saturated heterocycles. The molecule has 104 valence electrons. The minimum absolute atomic E-state index is 0.106. The molecule has 0 bridgehead atoms. The number of carboxylic acids is 1. The van der Waals surface area contributed by atoms with Crippen LogP contribution in [0.15, 0.2) is 30.3 Å². The zero-order valence-corrected chi connectivity index (χ0v) is 11.6. The molecule has 1 amide bonds. The van der Waals surface area contributed by atoms with Crippen LogP contribution in [0.3, 0.4) is 0 Å². The topological polar surface area (TPSA) is 66.4 Å². The molecule has 2 N–H and O–H groups in total. The highest BCUT2D eigenvalue weighted by molar-refractivity contribution is 5.84. The fraction of sp³-hybridized carbons (Fsp3) is 0.467. The van der Waals surface area contributed by atoms with Gasteiger partial charge in [0.05, 0.1) is 5.92 Å². The minimum atomic E-state index is -0.918. The first-order chi connectivity index (χ1) is 8.97. The number of benzene rings is 1. The number of carbonyl (C=O) groups excluding carboxylic acids is 1. The summed E-state index contributed by atoms with van der Waals surface area (Å²) in [4.78, 5) is 22.9. The molecule has 0 saturated carbocycles. The summed E-state index contributed by atoms with van der Waals surface area (Å²) in [5.41, 5.74) is 1.10. The zero-order chi connectivity index (χ0) is 14.4. The Balaban J connectivity index is 2.79. The summed E-state index contributed by atoms with van der Waals surface area (Å²) in [6.07, 6.45) is 0.452. The number of amides is 1. The van der Waals surface area contributed by atoms with Crippen LogP contribution in [-0.2, 0) is 9.59 Å². The molecule has 1 aromatic carbocycles. The quantitative estimate of drug-likeness (QED) is 0.827. The van der Waals surface area contributed by atoms with Gasteiger partial charge in [0.25, 0.3) is 0 Å². The molecule has 4 nitrogen and oxygen atoms in total. The lowest BCUT2D eigenvalue weighted by Gasteiger charge is -2.22. The van der Waals surface area contributed by atoms with E-state index in [0.29, 0.717) is 6.42 Å². The summed E-state index contributed by atoms with van der Waals surface area (Å²) in [5, 5.41) is 11.8. The van der Waals surface area contributed by atoms with Crippen LogP contribution < -0.4 is 5.32 Å². The van der Waals surface area contributed by atoms with Crippen LogP contribution in [0, 0.1) is 11.8 Å². The third-order valence-corrected chi connectivity index (χ3v) is 3.56. The predicted molar refractivity (Wildman–Crippen MR) is 73.8 cm³/mol. The number of hydrogen-bond acceptors (Lipinski definition) is 2. The van der Waals surface area contributed by atoms with E-state index < -0.39 is 17.8 Å². The van der Waals surface area contributed by atoms with Gasteiger partial charge in [0.1, 0.15) is 0 Å². The van der Waals surface area contributed by atoms with Crippen molar-refractivity contribution >= 4 is 11.9 Å². The van der Waals surface area contributed by atoms with Gasteiger partial charge in [-0.1, -0.05) is 44.2 Å². The van der Waals surface area contributed by atoms with Crippen LogP contribution in [0.1, 0.15) is 31.7 Å². The lowest BCUT2D eigenvalue weighted by molar-refractivity contribution is -0.147. The van der Waals surface area contributed by atoms with Crippen LogP contribution in [0.5, 0.6) is 0 Å². The Kier molecular flexibility index (Phi) is 5.55. The van der Waals surface area contributed by atoms with Gasteiger partial charge in [0.15, 0.2) is 0 Å². The van der Waals surface area contributed by atoms with Crippen molar-refractivity contribution in [3.63, 3.8) is 0 Å². The van der Waals surface area contributed by atoms with Crippen molar-refractivity contribution in [2.45, 2.75) is 26.2 Å². The molecule has 0 radical (unpaired) electrons. The summed E-state index contributed by atoms with van der Waals surface area (Å²) >= 11 is 0. The molecule has 0 heterocycles. The van der Waals surface area contributed by atoms with Crippen molar-refractivity contribution in [2.75, 3.05) is 7.05 Å². The standard InChI is InChI=1S/C15H21NO3/c1-10(12-7-5-4-6-8-12)9-13(15(18)19)11(2)14(17)16-3/h4-8,10-11,13H,9H2,1-3H3,(H,16,17)(H,18,19)/t10-,11?,13?/m1/s1. The van der Waals surface area contributed by atoms with Gasteiger partial charge in [-0.15, -0.1) is 0 Å². The highest BCUT2D eigenvalue weighted by Crippen LogP contribution is 2.27. The smallest absolute Gasteiger partial charge is 0.307 e. The first-order valence-corrected chi connectivity index (χ1v) is 6.46. The molecular weight excluding hydrogens is 242 g/mol. The van der Waals surface area contributed by atoms with E-state index in [-0.39, 0.29) is 11.8 Å². The molecule has 3 atom stereocenters. The van der Waals surface area contributed by atoms with E-state index in [2.05, 4.69) is 5.32 Å². The van der Waals surface area contributed by atoms with Crippen LogP contribution in [0.4, 0.5) is 0 Å². The first-order valence-electron chi connectivity index (χ1n) is 6.46. The monoisotopic (exact) mass is 263 g/mol. The Morgan fingerprint density at radius 2 is 1.79 bits per heavy atom. The van der Waals surface area contributed by atoms with Gasteiger partial charge in [0, 0.05) is 13.0 Å². The molecule has 0 aromatic heterocycles. The second-order valence-corrected chi connectivity index (χ2v) is 4.90. The molecule has 1 rings (SSSR count). The van der Waals surface area contributed by atoms with Crippen molar-refractivity contribution in [1.29, 1.82) is 0 Å². The van der Waals surface area contributed by atoms with E-state index in [1.54, 1.807) is 6.92 Å². The molecule has 0 fully saturated rings. The SMILES string of the molecule is CNC(=O)C(C)C(C[C@@H](C)c1ccccc1)C(=O)O. The van der Waals surface area contributed by atoms with E-state index in [0.717, 1.165) is 5.56 Å². The van der Waals surface area contributed by atoms with E-state index >= 15 is 0 Å².